The molecule has 1 fully saturated rings. The number of thiol groups is 1. The molecule has 0 radical (unpaired) electrons. The Hall–Kier alpha value is -2.59. The van der Waals surface area contributed by atoms with Crippen LogP contribution < -0.4 is 16.8 Å². The largest absolute Gasteiger partial charge is 0.479 e. The third kappa shape index (κ3) is 3.51. The van der Waals surface area contributed by atoms with Crippen LogP contribution in [-0.2, 0) is 19.2 Å². The van der Waals surface area contributed by atoms with Crippen molar-refractivity contribution in [1.82, 2.24) is 4.90 Å². The summed E-state index contributed by atoms with van der Waals surface area (Å²) in [5.74, 6) is -3.70. The molecule has 1 aromatic carbocycles. The van der Waals surface area contributed by atoms with Crippen LogP contribution in [0.15, 0.2) is 24.3 Å². The molecule has 9 nitrogen and oxygen atoms in total. The summed E-state index contributed by atoms with van der Waals surface area (Å²) in [4.78, 5) is 49.0. The highest BCUT2D eigenvalue weighted by Gasteiger charge is 2.52. The Labute approximate surface area is 155 Å². The Balaban J connectivity index is 2.28. The highest BCUT2D eigenvalue weighted by Crippen LogP contribution is 2.25. The van der Waals surface area contributed by atoms with Gasteiger partial charge in [0.05, 0.1) is 6.04 Å². The summed E-state index contributed by atoms with van der Waals surface area (Å²) in [6.07, 6.45) is -0.0375. The van der Waals surface area contributed by atoms with Crippen molar-refractivity contribution in [3.05, 3.63) is 24.3 Å². The molecule has 2 rings (SSSR count). The molecule has 140 valence electrons. The number of carboxylic acids is 1. The lowest BCUT2D eigenvalue weighted by Gasteiger charge is -2.34. The minimum atomic E-state index is -2.48. The molecule has 1 aromatic rings. The number of carboxylic acid groups (broad SMARTS) is 1. The summed E-state index contributed by atoms with van der Waals surface area (Å²) in [6.45, 7) is 1.28. The van der Waals surface area contributed by atoms with Gasteiger partial charge in [-0.15, -0.1) is 0 Å². The Morgan fingerprint density at radius 2 is 1.73 bits per heavy atom. The number of nitrogens with one attached hydrogen (secondary N) is 1. The smallest absolute Gasteiger partial charge is 0.334 e. The number of hydrogen-bond acceptors (Lipinski definition) is 8. The average Bonchev–Trinajstić information content (AvgIpc) is 2.93. The van der Waals surface area contributed by atoms with Crippen molar-refractivity contribution >= 4 is 47.6 Å². The number of amides is 2. The van der Waals surface area contributed by atoms with Gasteiger partial charge >= 0.3 is 5.97 Å². The van der Waals surface area contributed by atoms with Gasteiger partial charge in [-0.25, -0.2) is 4.79 Å². The SMILES string of the molecule is CC(C(=O)C(N)(C(=O)O)C(S)Nc1ccc(N)cc1)N1C(=O)CCC1=O. The number of nitrogens with zero attached hydrogens (tertiary/aromatic N) is 1. The van der Waals surface area contributed by atoms with E-state index in [2.05, 4.69) is 17.9 Å². The van der Waals surface area contributed by atoms with Crippen molar-refractivity contribution in [3.8, 4) is 0 Å². The van der Waals surface area contributed by atoms with Gasteiger partial charge < -0.3 is 21.9 Å². The summed E-state index contributed by atoms with van der Waals surface area (Å²) in [5, 5.41) is 11.0. The highest BCUT2D eigenvalue weighted by molar-refractivity contribution is 7.81. The summed E-state index contributed by atoms with van der Waals surface area (Å²) >= 11 is 4.15. The highest BCUT2D eigenvalue weighted by atomic mass is 32.1. The molecule has 1 aliphatic heterocycles. The summed E-state index contributed by atoms with van der Waals surface area (Å²) < 4.78 is 0. The van der Waals surface area contributed by atoms with Crippen molar-refractivity contribution < 1.29 is 24.3 Å². The molecule has 1 heterocycles. The summed E-state index contributed by atoms with van der Waals surface area (Å²) in [5.41, 5.74) is 9.96. The number of aliphatic carboxylic acids is 1. The van der Waals surface area contributed by atoms with Gasteiger partial charge in [-0.05, 0) is 31.2 Å². The van der Waals surface area contributed by atoms with Crippen LogP contribution in [0.25, 0.3) is 0 Å². The molecule has 3 unspecified atom stereocenters. The van der Waals surface area contributed by atoms with Crippen molar-refractivity contribution in [2.24, 2.45) is 5.73 Å². The molecule has 10 heteroatoms. The summed E-state index contributed by atoms with van der Waals surface area (Å²) in [6, 6.07) is 4.98. The van der Waals surface area contributed by atoms with E-state index in [-0.39, 0.29) is 12.8 Å². The minimum Gasteiger partial charge on any atom is -0.479 e. The first-order valence-electron chi connectivity index (χ1n) is 7.80. The van der Waals surface area contributed by atoms with Gasteiger partial charge in [-0.3, -0.25) is 19.3 Å². The molecular formula is C16H20N4O5S. The van der Waals surface area contributed by atoms with Gasteiger partial charge in [0, 0.05) is 24.2 Å². The van der Waals surface area contributed by atoms with E-state index in [0.717, 1.165) is 4.90 Å². The third-order valence-corrected chi connectivity index (χ3v) is 4.80. The van der Waals surface area contributed by atoms with Crippen LogP contribution >= 0.6 is 12.6 Å². The molecule has 0 aliphatic carbocycles. The fourth-order valence-electron chi connectivity index (χ4n) is 2.70. The molecular weight excluding hydrogens is 360 g/mol. The number of imide groups is 1. The Bertz CT molecular complexity index is 738. The van der Waals surface area contributed by atoms with E-state index in [9.17, 15) is 24.3 Å². The van der Waals surface area contributed by atoms with Crippen molar-refractivity contribution in [2.75, 3.05) is 11.1 Å². The zero-order chi connectivity index (χ0) is 19.6. The number of benzene rings is 1. The van der Waals surface area contributed by atoms with Gasteiger partial charge in [0.25, 0.3) is 0 Å². The number of rotatable bonds is 7. The Morgan fingerprint density at radius 3 is 2.19 bits per heavy atom. The topological polar surface area (TPSA) is 156 Å². The number of nitrogens with two attached hydrogens (primary N) is 2. The number of nitrogen functional groups attached to an aromatic ring is 1. The maximum Gasteiger partial charge on any atom is 0.334 e. The second-order valence-electron chi connectivity index (χ2n) is 6.04. The lowest BCUT2D eigenvalue weighted by Crippen LogP contribution is -2.67. The molecule has 26 heavy (non-hydrogen) atoms. The zero-order valence-corrected chi connectivity index (χ0v) is 14.9. The van der Waals surface area contributed by atoms with Crippen LogP contribution in [0.3, 0.4) is 0 Å². The monoisotopic (exact) mass is 380 g/mol. The number of anilines is 2. The fraction of sp³-hybridized carbons (Fsp3) is 0.375. The van der Waals surface area contributed by atoms with E-state index in [4.69, 9.17) is 11.5 Å². The van der Waals surface area contributed by atoms with Crippen LogP contribution in [0.1, 0.15) is 19.8 Å². The van der Waals surface area contributed by atoms with Crippen LogP contribution in [0.4, 0.5) is 11.4 Å². The molecule has 0 bridgehead atoms. The standard InChI is InChI=1S/C16H20N4O5S/c1-8(20-11(21)6-7-12(20)22)13(23)16(18,15(24)25)14(26)19-10-4-2-9(17)3-5-10/h2-5,8,14,19,26H,6-7,17-18H2,1H3,(H,24,25). The average molecular weight is 380 g/mol. The van der Waals surface area contributed by atoms with Crippen molar-refractivity contribution in [3.63, 3.8) is 0 Å². The van der Waals surface area contributed by atoms with Gasteiger partial charge in [-0.2, -0.15) is 12.6 Å². The predicted octanol–water partition coefficient (Wildman–Crippen LogP) is -0.175. The molecule has 0 spiro atoms. The molecule has 1 aliphatic rings. The number of carbonyl (C=O) groups excluding carboxylic acids is 3. The molecule has 1 saturated heterocycles. The van der Waals surface area contributed by atoms with Gasteiger partial charge in [-0.1, -0.05) is 0 Å². The number of ketones is 1. The van der Waals surface area contributed by atoms with E-state index >= 15 is 0 Å². The number of Topliss-reactive ketones (excluding diaryl/α,β-unsaturated/α-hetero) is 1. The minimum absolute atomic E-state index is 0.0188. The Kier molecular flexibility index (Phi) is 5.57. The van der Waals surface area contributed by atoms with Crippen molar-refractivity contribution in [1.29, 1.82) is 0 Å². The van der Waals surface area contributed by atoms with E-state index in [1.807, 2.05) is 0 Å². The van der Waals surface area contributed by atoms with E-state index in [0.29, 0.717) is 11.4 Å². The number of carbonyl (C=O) groups is 4. The molecule has 0 aromatic heterocycles. The number of likely N-dealkylation sites (tertiary alicyclic amines) is 1. The zero-order valence-electron chi connectivity index (χ0n) is 14.0. The quantitative estimate of drug-likeness (QED) is 0.143. The van der Waals surface area contributed by atoms with E-state index in [1.54, 1.807) is 24.3 Å². The van der Waals surface area contributed by atoms with E-state index < -0.39 is 40.5 Å². The Morgan fingerprint density at radius 1 is 1.23 bits per heavy atom. The maximum absolute atomic E-state index is 12.8. The van der Waals surface area contributed by atoms with Gasteiger partial charge in [0.15, 0.2) is 5.78 Å². The fourth-order valence-corrected chi connectivity index (χ4v) is 3.08. The van der Waals surface area contributed by atoms with Gasteiger partial charge in [0.1, 0.15) is 5.37 Å². The van der Waals surface area contributed by atoms with Gasteiger partial charge in [0.2, 0.25) is 17.4 Å². The lowest BCUT2D eigenvalue weighted by molar-refractivity contribution is -0.154. The first-order chi connectivity index (χ1) is 12.1. The van der Waals surface area contributed by atoms with Crippen LogP contribution in [0.5, 0.6) is 0 Å². The first kappa shape index (κ1) is 19.7. The molecule has 6 N–H and O–H groups in total. The third-order valence-electron chi connectivity index (χ3n) is 4.26. The van der Waals surface area contributed by atoms with Crippen LogP contribution in [0, 0.1) is 0 Å². The normalized spacial score (nSPS) is 19.0. The molecule has 3 atom stereocenters. The lowest BCUT2D eigenvalue weighted by atomic mass is 9.89. The maximum atomic E-state index is 12.8. The van der Waals surface area contributed by atoms with Crippen molar-refractivity contribution in [2.45, 2.75) is 36.7 Å². The second kappa shape index (κ2) is 7.34. The molecule has 2 amide bonds. The van der Waals surface area contributed by atoms with E-state index in [1.165, 1.54) is 6.92 Å². The van der Waals surface area contributed by atoms with Crippen LogP contribution in [-0.4, -0.2) is 50.5 Å². The first-order valence-corrected chi connectivity index (χ1v) is 8.32. The van der Waals surface area contributed by atoms with Crippen LogP contribution in [0.2, 0.25) is 0 Å². The molecule has 0 saturated carbocycles. The second-order valence-corrected chi connectivity index (χ2v) is 6.56. The number of hydrogen-bond donors (Lipinski definition) is 5. The summed E-state index contributed by atoms with van der Waals surface area (Å²) in [7, 11) is 0. The predicted molar refractivity (Wildman–Crippen MR) is 97.4 cm³/mol.